The van der Waals surface area contributed by atoms with E-state index >= 15 is 0 Å². The first-order valence-electron chi connectivity index (χ1n) is 40.8. The van der Waals surface area contributed by atoms with Crippen LogP contribution in [0.15, 0.2) is 140 Å². The van der Waals surface area contributed by atoms with Crippen molar-refractivity contribution in [3.8, 4) is 0 Å². The highest BCUT2D eigenvalue weighted by atomic mass is 16.4. The van der Waals surface area contributed by atoms with Gasteiger partial charge in [0.25, 0.3) is 0 Å². The molecule has 125 heavy (non-hydrogen) atoms. The third-order valence-electron chi connectivity index (χ3n) is 22.9. The number of aromatic carboxylic acids is 1. The zero-order valence-corrected chi connectivity index (χ0v) is 73.6. The van der Waals surface area contributed by atoms with Crippen LogP contribution in [0.5, 0.6) is 0 Å². The van der Waals surface area contributed by atoms with Gasteiger partial charge in [0.05, 0.1) is 64.7 Å². The molecule has 0 amide bonds. The van der Waals surface area contributed by atoms with Crippen LogP contribution in [-0.4, -0.2) is 145 Å². The van der Waals surface area contributed by atoms with Gasteiger partial charge in [0.2, 0.25) is 0 Å². The highest BCUT2D eigenvalue weighted by molar-refractivity contribution is 6.05. The van der Waals surface area contributed by atoms with Crippen molar-refractivity contribution < 1.29 is 105 Å². The van der Waals surface area contributed by atoms with Crippen LogP contribution < -0.4 is 0 Å². The lowest BCUT2D eigenvalue weighted by molar-refractivity contribution is -0.138. The number of aryl methyl sites for hydroxylation is 16. The molecule has 0 atom stereocenters. The first-order chi connectivity index (χ1) is 59.3. The van der Waals surface area contributed by atoms with Crippen LogP contribution in [0, 0.1) is 41.5 Å². The van der Waals surface area contributed by atoms with Gasteiger partial charge in [-0.05, 0) is 237 Å². The lowest BCUT2D eigenvalue weighted by Gasteiger charge is -2.10. The van der Waals surface area contributed by atoms with Crippen LogP contribution >= 0.6 is 0 Å². The second kappa shape index (κ2) is 45.4. The van der Waals surface area contributed by atoms with E-state index in [1.165, 1.54) is 39.3 Å². The summed E-state index contributed by atoms with van der Waals surface area (Å²) < 4.78 is 14.3. The molecule has 0 spiro atoms. The van der Waals surface area contributed by atoms with E-state index in [0.29, 0.717) is 40.5 Å². The zero-order chi connectivity index (χ0) is 92.7. The van der Waals surface area contributed by atoms with E-state index in [0.717, 1.165) is 147 Å². The number of aliphatic hydroxyl groups is 7. The number of aliphatic carboxylic acids is 6. The minimum atomic E-state index is -1.000. The van der Waals surface area contributed by atoms with Crippen molar-refractivity contribution in [2.24, 2.45) is 49.3 Å². The molecular formula is C97H117N7O21. The van der Waals surface area contributed by atoms with Crippen molar-refractivity contribution in [1.82, 2.24) is 32.0 Å². The number of carboxylic acid groups (broad SMARTS) is 7. The van der Waals surface area contributed by atoms with Crippen LogP contribution in [0.1, 0.15) is 163 Å². The molecule has 0 bridgehead atoms. The number of rotatable bonds is 24. The largest absolute Gasteiger partial charge is 0.481 e. The summed E-state index contributed by atoms with van der Waals surface area (Å²) in [6, 6.07) is 40.7. The van der Waals surface area contributed by atoms with Crippen LogP contribution in [0.25, 0.3) is 82.4 Å². The minimum absolute atomic E-state index is 0.0259. The van der Waals surface area contributed by atoms with Gasteiger partial charge in [-0.1, -0.05) is 56.3 Å². The fourth-order valence-electron chi connectivity index (χ4n) is 15.3. The monoisotopic (exact) mass is 1720 g/mol. The van der Waals surface area contributed by atoms with Crippen molar-refractivity contribution in [2.45, 2.75) is 166 Å². The van der Waals surface area contributed by atoms with E-state index in [4.69, 9.17) is 40.9 Å². The van der Waals surface area contributed by atoms with Crippen molar-refractivity contribution in [2.75, 3.05) is 0 Å². The molecule has 7 heterocycles. The summed E-state index contributed by atoms with van der Waals surface area (Å²) >= 11 is 0. The molecule has 0 aliphatic carbocycles. The molecule has 28 heteroatoms. The van der Waals surface area contributed by atoms with Gasteiger partial charge in [-0.2, -0.15) is 0 Å². The molecular weight excluding hydrogens is 1600 g/mol. The molecule has 0 saturated carbocycles. The van der Waals surface area contributed by atoms with E-state index in [-0.39, 0.29) is 83.9 Å². The second-order valence-electron chi connectivity index (χ2n) is 30.6. The van der Waals surface area contributed by atoms with Gasteiger partial charge in [0.15, 0.2) is 0 Å². The number of hydrogen-bond donors (Lipinski definition) is 14. The van der Waals surface area contributed by atoms with E-state index in [1.807, 2.05) is 174 Å². The van der Waals surface area contributed by atoms with E-state index in [9.17, 15) is 64.2 Å². The molecule has 0 aliphatic heterocycles. The first kappa shape index (κ1) is 99.2. The Hall–Kier alpha value is -12.9. The highest BCUT2D eigenvalue weighted by Gasteiger charge is 2.21. The molecule has 0 saturated heterocycles. The summed E-state index contributed by atoms with van der Waals surface area (Å²) in [5, 5.41) is 133. The number of fused-ring (bicyclic) bond motifs is 7. The summed E-state index contributed by atoms with van der Waals surface area (Å²) in [6.45, 7) is 15.3. The minimum Gasteiger partial charge on any atom is -0.481 e. The number of benzene rings is 7. The van der Waals surface area contributed by atoms with Crippen molar-refractivity contribution in [3.63, 3.8) is 0 Å². The molecule has 7 aromatic carbocycles. The van der Waals surface area contributed by atoms with Crippen molar-refractivity contribution in [1.29, 1.82) is 0 Å². The number of carboxylic acids is 7. The van der Waals surface area contributed by atoms with Gasteiger partial charge in [-0.3, -0.25) is 24.0 Å². The van der Waals surface area contributed by atoms with Crippen LogP contribution in [-0.2, 0) is 156 Å². The predicted molar refractivity (Wildman–Crippen MR) is 485 cm³/mol. The molecule has 7 aromatic heterocycles. The van der Waals surface area contributed by atoms with Crippen LogP contribution in [0.3, 0.4) is 0 Å². The van der Waals surface area contributed by atoms with Gasteiger partial charge >= 0.3 is 41.8 Å². The Labute approximate surface area is 724 Å². The second-order valence-corrected chi connectivity index (χ2v) is 30.6. The third-order valence-corrected chi connectivity index (χ3v) is 22.9. The SMILES string of the molecule is CCC(=O)O.CCc1cc2c(CC(=O)O)c(CO)ccc2n1C.Cc1c(CO)ccc2c1cc(C)n2C.Cc1cc2c(/C=C/C(=O)O)c(CO)ccc2n1C.Cc1cc2c(C(=O)O)c(CO)ccc2n1C.Cc1cc2c(CCC(=O)O)c(CO)ccc2n1C.Cc1cc2c(CCCCC(=O)O)c(CO)ccc2n1C.Cn1ccc2c(CC(=O)O)c(CO)ccc21. The Morgan fingerprint density at radius 2 is 0.672 bits per heavy atom. The Morgan fingerprint density at radius 1 is 0.328 bits per heavy atom. The van der Waals surface area contributed by atoms with Gasteiger partial charge in [-0.15, -0.1) is 0 Å². The van der Waals surface area contributed by atoms with E-state index in [1.54, 1.807) is 25.1 Å². The maximum Gasteiger partial charge on any atom is 0.336 e. The van der Waals surface area contributed by atoms with Gasteiger partial charge in [-0.25, -0.2) is 9.59 Å². The van der Waals surface area contributed by atoms with Crippen LogP contribution in [0.4, 0.5) is 0 Å². The average molecular weight is 1720 g/mol. The summed E-state index contributed by atoms with van der Waals surface area (Å²) in [4.78, 5) is 74.2. The number of aliphatic hydroxyl groups excluding tert-OH is 7. The normalized spacial score (nSPS) is 11.0. The van der Waals surface area contributed by atoms with E-state index in [2.05, 4.69) is 71.2 Å². The lowest BCUT2D eigenvalue weighted by atomic mass is 9.97. The smallest absolute Gasteiger partial charge is 0.336 e. The molecule has 0 radical (unpaired) electrons. The molecule has 0 aliphatic rings. The topological polar surface area (TPSA) is 437 Å². The standard InChI is InChI=1S/C16H21NO3.C14H17NO3.C14H15NO3.C14H17NO3.2C12H13NO3.C12H15NO.C3H6O2/c1-11-9-14-13(5-3-4-6-16(19)20)12(10-18)7-8-15(14)17(11)2;2*1-9-7-12-11(4-6-14(17)18)10(8-16)3-5-13(12)15(9)2;1-3-10-6-12-11(7-14(17)18)9(8-16)4-5-13(12)15(10)2;1-7-5-9-10(13(7)2)4-3-8(6-14)11(9)12(15)16;1-13-5-4-9-10(6-12(15)16)8(7-14)2-3-11(9)13;1-8-6-11-9(2)10(7-14)4-5-12(11)13(8)3;1-2-3(4)5/h7-9,18H,3-6,10H2,1-2H3,(H,19,20);3,5,7,16H,4,6,8H2,1-2H3,(H,17,18);3-7,16H,8H2,1-2H3,(H,17,18);4-6,16H,3,7-8H2,1-2H3,(H,17,18);3-5,14H,6H2,1-2H3,(H,15,16);2-5,14H,6-7H2,1H3,(H,15,16);4-6,14H,7H2,1-3H3;2H2,1H3,(H,4,5)/b;;6-4+;;;;;. The average Bonchev–Trinajstić information content (AvgIpc) is 1.63. The van der Waals surface area contributed by atoms with Gasteiger partial charge < -0.3 is 103 Å². The van der Waals surface area contributed by atoms with Gasteiger partial charge in [0, 0.05) is 191 Å². The lowest BCUT2D eigenvalue weighted by Crippen LogP contribution is -2.04. The summed E-state index contributed by atoms with van der Waals surface area (Å²) in [5.74, 6) is -6.07. The number of hydrogen-bond acceptors (Lipinski definition) is 14. The van der Waals surface area contributed by atoms with Gasteiger partial charge in [0.1, 0.15) is 0 Å². The summed E-state index contributed by atoms with van der Waals surface area (Å²) in [5.41, 5.74) is 25.1. The van der Waals surface area contributed by atoms with E-state index < -0.39 is 41.8 Å². The summed E-state index contributed by atoms with van der Waals surface area (Å²) in [6.07, 6.45) is 8.57. The Balaban J connectivity index is 0.000000199. The molecule has 0 unspecified atom stereocenters. The predicted octanol–water partition coefficient (Wildman–Crippen LogP) is 14.5. The van der Waals surface area contributed by atoms with Crippen LogP contribution in [0.2, 0.25) is 0 Å². The summed E-state index contributed by atoms with van der Waals surface area (Å²) in [7, 11) is 13.8. The number of nitrogens with zero attached hydrogens (tertiary/aromatic N) is 7. The van der Waals surface area contributed by atoms with Crippen molar-refractivity contribution >= 4 is 124 Å². The third kappa shape index (κ3) is 24.1. The Morgan fingerprint density at radius 3 is 1.08 bits per heavy atom. The molecule has 14 rings (SSSR count). The van der Waals surface area contributed by atoms with Crippen molar-refractivity contribution in [3.05, 3.63) is 252 Å². The maximum atomic E-state index is 11.2. The quantitative estimate of drug-likeness (QED) is 0.0197. The number of carbonyl (C=O) groups is 7. The fourth-order valence-corrected chi connectivity index (χ4v) is 15.3. The maximum absolute atomic E-state index is 11.2. The Bertz CT molecular complexity index is 6270. The molecule has 14 N–H and O–H groups in total. The molecule has 14 aromatic rings. The number of aromatic nitrogens is 7. The molecule has 0 fully saturated rings. The Kier molecular flexibility index (Phi) is 36.1. The zero-order valence-electron chi connectivity index (χ0n) is 73.6. The number of unbranched alkanes of at least 4 members (excludes halogenated alkanes) is 1. The highest BCUT2D eigenvalue weighted by Crippen LogP contribution is 2.34. The fraction of sp³-hybridized carbons (Fsp3) is 0.330. The molecule has 666 valence electrons. The first-order valence-corrected chi connectivity index (χ1v) is 40.8. The molecule has 28 nitrogen and oxygen atoms in total.